The average Bonchev–Trinajstić information content (AvgIpc) is 3.59. The molecule has 2 heteroatoms. The highest BCUT2D eigenvalue weighted by molar-refractivity contribution is 6.26. The molecule has 10 rings (SSSR count). The largest absolute Gasteiger partial charge is 0.309 e. The number of aromatic nitrogens is 2. The van der Waals surface area contributed by atoms with E-state index in [0.717, 1.165) is 0 Å². The lowest BCUT2D eigenvalue weighted by Gasteiger charge is -2.14. The first-order valence-corrected chi connectivity index (χ1v) is 15.2. The van der Waals surface area contributed by atoms with E-state index in [4.69, 9.17) is 0 Å². The van der Waals surface area contributed by atoms with Gasteiger partial charge in [0.05, 0.1) is 22.1 Å². The van der Waals surface area contributed by atoms with Crippen LogP contribution in [0, 0.1) is 0 Å². The van der Waals surface area contributed by atoms with Crippen LogP contribution in [0.1, 0.15) is 0 Å². The Bertz CT molecular complexity index is 2730. The Labute approximate surface area is 253 Å². The molecule has 0 aliphatic rings. The van der Waals surface area contributed by atoms with E-state index in [1.807, 2.05) is 0 Å². The van der Waals surface area contributed by atoms with Crippen molar-refractivity contribution in [3.63, 3.8) is 0 Å². The van der Waals surface area contributed by atoms with Crippen LogP contribution >= 0.6 is 0 Å². The highest BCUT2D eigenvalue weighted by atomic mass is 15.0. The quantitative estimate of drug-likeness (QED) is 0.187. The van der Waals surface area contributed by atoms with Gasteiger partial charge in [0.2, 0.25) is 0 Å². The smallest absolute Gasteiger partial charge is 0.0562 e. The fourth-order valence-corrected chi connectivity index (χ4v) is 7.60. The van der Waals surface area contributed by atoms with Crippen LogP contribution in [0.4, 0.5) is 0 Å². The lowest BCUT2D eigenvalue weighted by molar-refractivity contribution is 1.17. The SMILES string of the molecule is c1ccc(-n2c3ccccc3c3cc4c5ccccc5n(-c5ccc6c7ccccc7c7ccccc7c6c5)c4cc32)cc1. The summed E-state index contributed by atoms with van der Waals surface area (Å²) in [6.45, 7) is 0. The number of para-hydroxylation sites is 3. The van der Waals surface area contributed by atoms with Crippen molar-refractivity contribution in [2.45, 2.75) is 0 Å². The van der Waals surface area contributed by atoms with Gasteiger partial charge in [0.15, 0.2) is 0 Å². The van der Waals surface area contributed by atoms with Gasteiger partial charge in [0.1, 0.15) is 0 Å². The summed E-state index contributed by atoms with van der Waals surface area (Å²) in [6, 6.07) is 57.8. The van der Waals surface area contributed by atoms with Crippen LogP contribution in [-0.4, -0.2) is 9.13 Å². The minimum atomic E-state index is 1.17. The highest BCUT2D eigenvalue weighted by Gasteiger charge is 2.19. The molecule has 0 N–H and O–H groups in total. The van der Waals surface area contributed by atoms with Gasteiger partial charge in [0.25, 0.3) is 0 Å². The number of rotatable bonds is 2. The molecular weight excluding hydrogens is 532 g/mol. The summed E-state index contributed by atoms with van der Waals surface area (Å²) in [4.78, 5) is 0. The Morgan fingerprint density at radius 2 is 0.659 bits per heavy atom. The molecule has 0 saturated carbocycles. The zero-order valence-corrected chi connectivity index (χ0v) is 23.9. The number of benzene rings is 8. The van der Waals surface area contributed by atoms with Crippen molar-refractivity contribution in [3.8, 4) is 11.4 Å². The minimum Gasteiger partial charge on any atom is -0.309 e. The van der Waals surface area contributed by atoms with Gasteiger partial charge < -0.3 is 9.13 Å². The van der Waals surface area contributed by atoms with Crippen molar-refractivity contribution in [1.82, 2.24) is 9.13 Å². The molecule has 0 atom stereocenters. The van der Waals surface area contributed by atoms with E-state index in [-0.39, 0.29) is 0 Å². The van der Waals surface area contributed by atoms with E-state index in [1.165, 1.54) is 87.3 Å². The lowest BCUT2D eigenvalue weighted by atomic mass is 9.94. The second kappa shape index (κ2) is 8.82. The standard InChI is InChI=1S/C42H26N2/c1-2-12-27(13-3-1)43-39-20-10-8-18-34(39)37-25-38-35-19-9-11-21-40(35)44(42(38)26-41(37)43)28-22-23-33-31-16-5-4-14-29(31)30-15-6-7-17-32(30)36(33)24-28/h1-26H. The molecule has 2 nitrogen and oxygen atoms in total. The maximum atomic E-state index is 2.46. The molecule has 0 amide bonds. The molecule has 8 aromatic carbocycles. The predicted molar refractivity (Wildman–Crippen MR) is 188 cm³/mol. The van der Waals surface area contributed by atoms with Crippen LogP contribution in [0.3, 0.4) is 0 Å². The summed E-state index contributed by atoms with van der Waals surface area (Å²) in [5.41, 5.74) is 7.21. The first-order valence-electron chi connectivity index (χ1n) is 15.2. The van der Waals surface area contributed by atoms with E-state index in [1.54, 1.807) is 0 Å². The van der Waals surface area contributed by atoms with Crippen molar-refractivity contribution in [1.29, 1.82) is 0 Å². The molecule has 0 fully saturated rings. The van der Waals surface area contributed by atoms with Gasteiger partial charge in [-0.15, -0.1) is 0 Å². The molecule has 0 spiro atoms. The first-order chi connectivity index (χ1) is 21.8. The molecule has 0 aliphatic carbocycles. The van der Waals surface area contributed by atoms with Crippen LogP contribution in [-0.2, 0) is 0 Å². The topological polar surface area (TPSA) is 9.86 Å². The van der Waals surface area contributed by atoms with Gasteiger partial charge in [-0.1, -0.05) is 109 Å². The zero-order valence-electron chi connectivity index (χ0n) is 23.9. The van der Waals surface area contributed by atoms with E-state index in [2.05, 4.69) is 167 Å². The average molecular weight is 559 g/mol. The fraction of sp³-hybridized carbons (Fsp3) is 0. The second-order valence-corrected chi connectivity index (χ2v) is 11.7. The lowest BCUT2D eigenvalue weighted by Crippen LogP contribution is -1.96. The number of hydrogen-bond donors (Lipinski definition) is 0. The van der Waals surface area contributed by atoms with Crippen LogP contribution in [0.5, 0.6) is 0 Å². The van der Waals surface area contributed by atoms with Crippen molar-refractivity contribution < 1.29 is 0 Å². The summed E-state index contributed by atoms with van der Waals surface area (Å²) in [5.74, 6) is 0. The van der Waals surface area contributed by atoms with E-state index >= 15 is 0 Å². The summed E-state index contributed by atoms with van der Waals surface area (Å²) in [7, 11) is 0. The zero-order chi connectivity index (χ0) is 28.8. The Balaban J connectivity index is 1.36. The molecule has 0 radical (unpaired) electrons. The van der Waals surface area contributed by atoms with E-state index < -0.39 is 0 Å². The predicted octanol–water partition coefficient (Wildman–Crippen LogP) is 11.3. The molecule has 0 aliphatic heterocycles. The Kier molecular flexibility index (Phi) is 4.75. The third kappa shape index (κ3) is 3.14. The summed E-state index contributed by atoms with van der Waals surface area (Å²) >= 11 is 0. The van der Waals surface area contributed by atoms with Crippen LogP contribution in [0.25, 0.3) is 87.3 Å². The van der Waals surface area contributed by atoms with Crippen molar-refractivity contribution in [3.05, 3.63) is 158 Å². The van der Waals surface area contributed by atoms with Crippen molar-refractivity contribution >= 4 is 75.9 Å². The molecule has 10 aromatic rings. The summed E-state index contributed by atoms with van der Waals surface area (Å²) in [5, 5.41) is 12.8. The van der Waals surface area contributed by atoms with Gasteiger partial charge in [-0.3, -0.25) is 0 Å². The Hall–Kier alpha value is -5.86. The van der Waals surface area contributed by atoms with Gasteiger partial charge in [-0.05, 0) is 80.8 Å². The summed E-state index contributed by atoms with van der Waals surface area (Å²) in [6.07, 6.45) is 0. The fourth-order valence-electron chi connectivity index (χ4n) is 7.60. The molecule has 0 bridgehead atoms. The third-order valence-corrected chi connectivity index (χ3v) is 9.47. The maximum absolute atomic E-state index is 2.46. The van der Waals surface area contributed by atoms with Gasteiger partial charge >= 0.3 is 0 Å². The minimum absolute atomic E-state index is 1.17. The van der Waals surface area contributed by atoms with Crippen LogP contribution < -0.4 is 0 Å². The van der Waals surface area contributed by atoms with Crippen LogP contribution in [0.2, 0.25) is 0 Å². The first kappa shape index (κ1) is 23.7. The van der Waals surface area contributed by atoms with Crippen LogP contribution in [0.15, 0.2) is 158 Å². The molecule has 204 valence electrons. The van der Waals surface area contributed by atoms with Gasteiger partial charge in [-0.2, -0.15) is 0 Å². The number of nitrogens with zero attached hydrogens (tertiary/aromatic N) is 2. The number of hydrogen-bond acceptors (Lipinski definition) is 0. The third-order valence-electron chi connectivity index (χ3n) is 9.47. The van der Waals surface area contributed by atoms with Gasteiger partial charge in [0, 0.05) is 32.9 Å². The van der Waals surface area contributed by atoms with E-state index in [0.29, 0.717) is 0 Å². The Morgan fingerprint density at radius 1 is 0.227 bits per heavy atom. The maximum Gasteiger partial charge on any atom is 0.0562 e. The normalized spacial score (nSPS) is 12.1. The van der Waals surface area contributed by atoms with Crippen molar-refractivity contribution in [2.75, 3.05) is 0 Å². The second-order valence-electron chi connectivity index (χ2n) is 11.7. The molecule has 44 heavy (non-hydrogen) atoms. The molecule has 0 unspecified atom stereocenters. The van der Waals surface area contributed by atoms with E-state index in [9.17, 15) is 0 Å². The molecular formula is C42H26N2. The summed E-state index contributed by atoms with van der Waals surface area (Å²) < 4.78 is 4.87. The molecule has 0 saturated heterocycles. The monoisotopic (exact) mass is 558 g/mol. The highest BCUT2D eigenvalue weighted by Crippen LogP contribution is 2.41. The van der Waals surface area contributed by atoms with Gasteiger partial charge in [-0.25, -0.2) is 0 Å². The molecule has 2 heterocycles. The molecule has 2 aromatic heterocycles. The Morgan fingerprint density at radius 3 is 1.23 bits per heavy atom. The van der Waals surface area contributed by atoms with Crippen molar-refractivity contribution in [2.24, 2.45) is 0 Å². The number of fused-ring (bicyclic) bond motifs is 12.